The Bertz CT molecular complexity index is 1090. The van der Waals surface area contributed by atoms with Crippen LogP contribution in [0.3, 0.4) is 0 Å². The van der Waals surface area contributed by atoms with E-state index < -0.39 is 6.10 Å². The second-order valence-corrected chi connectivity index (χ2v) is 19.2. The molecule has 0 radical (unpaired) electrons. The van der Waals surface area contributed by atoms with Crippen LogP contribution in [0.4, 0.5) is 0 Å². The Morgan fingerprint density at radius 3 is 0.877 bits per heavy atom. The zero-order valence-corrected chi connectivity index (χ0v) is 43.5. The van der Waals surface area contributed by atoms with Crippen molar-refractivity contribution in [2.45, 2.75) is 309 Å². The molecule has 0 rings (SSSR count). The first kappa shape index (κ1) is 62.6. The summed E-state index contributed by atoms with van der Waals surface area (Å²) in [6.45, 7) is 6.59. The molecule has 1 atom stereocenters. The fourth-order valence-electron chi connectivity index (χ4n) is 8.29. The highest BCUT2D eigenvalue weighted by Crippen LogP contribution is 2.16. The van der Waals surface area contributed by atoms with Crippen molar-refractivity contribution in [2.75, 3.05) is 13.2 Å². The molecule has 1 unspecified atom stereocenters. The Morgan fingerprint density at radius 1 is 0.308 bits per heavy atom. The van der Waals surface area contributed by atoms with Crippen LogP contribution in [0.2, 0.25) is 0 Å². The molecule has 0 heterocycles. The third kappa shape index (κ3) is 52.5. The van der Waals surface area contributed by atoms with Gasteiger partial charge in [0, 0.05) is 19.3 Å². The molecule has 0 aromatic carbocycles. The molecule has 0 saturated heterocycles. The first-order valence-electron chi connectivity index (χ1n) is 28.5. The van der Waals surface area contributed by atoms with E-state index in [9.17, 15) is 14.4 Å². The third-order valence-corrected chi connectivity index (χ3v) is 12.6. The summed E-state index contributed by atoms with van der Waals surface area (Å²) in [5.74, 6) is -0.879. The molecule has 6 heteroatoms. The van der Waals surface area contributed by atoms with Gasteiger partial charge in [0.1, 0.15) is 13.2 Å². The SMILES string of the molecule is CCCCCC/C=C\C/C=C\CCCCCCCCCC(=O)OC(COC(=O)CCCCCCCC)COC(=O)CCCCCCCCCCCCC/C=C\CCCCCCCCCC. The normalized spacial score (nSPS) is 12.2. The predicted octanol–water partition coefficient (Wildman–Crippen LogP) is 18.9. The highest BCUT2D eigenvalue weighted by atomic mass is 16.6. The largest absolute Gasteiger partial charge is 0.462 e. The summed E-state index contributed by atoms with van der Waals surface area (Å²) in [6.07, 6.45) is 64.5. The smallest absolute Gasteiger partial charge is 0.306 e. The van der Waals surface area contributed by atoms with E-state index in [4.69, 9.17) is 14.2 Å². The first-order valence-corrected chi connectivity index (χ1v) is 28.5. The zero-order chi connectivity index (χ0) is 47.2. The topological polar surface area (TPSA) is 78.9 Å². The molecular weight excluding hydrogens is 805 g/mol. The van der Waals surface area contributed by atoms with Gasteiger partial charge in [0.15, 0.2) is 6.10 Å². The molecule has 0 aliphatic heterocycles. The van der Waals surface area contributed by atoms with Crippen molar-refractivity contribution in [3.05, 3.63) is 36.5 Å². The summed E-state index contributed by atoms with van der Waals surface area (Å²) in [6, 6.07) is 0. The molecule has 0 aliphatic rings. The third-order valence-electron chi connectivity index (χ3n) is 12.6. The van der Waals surface area contributed by atoms with Gasteiger partial charge in [0.05, 0.1) is 0 Å². The van der Waals surface area contributed by atoms with Crippen molar-refractivity contribution in [1.29, 1.82) is 0 Å². The molecular formula is C59H108O6. The monoisotopic (exact) mass is 913 g/mol. The highest BCUT2D eigenvalue weighted by molar-refractivity contribution is 5.71. The van der Waals surface area contributed by atoms with Crippen LogP contribution >= 0.6 is 0 Å². The molecule has 0 N–H and O–H groups in total. The maximum atomic E-state index is 12.8. The molecule has 0 bridgehead atoms. The van der Waals surface area contributed by atoms with Crippen molar-refractivity contribution < 1.29 is 28.6 Å². The molecule has 6 nitrogen and oxygen atoms in total. The minimum atomic E-state index is -0.771. The summed E-state index contributed by atoms with van der Waals surface area (Å²) in [5, 5.41) is 0. The Balaban J connectivity index is 4.12. The van der Waals surface area contributed by atoms with Crippen LogP contribution in [-0.4, -0.2) is 37.2 Å². The number of rotatable bonds is 52. The summed E-state index contributed by atoms with van der Waals surface area (Å²) in [4.78, 5) is 37.8. The molecule has 0 aromatic rings. The summed E-state index contributed by atoms with van der Waals surface area (Å²) < 4.78 is 16.8. The lowest BCUT2D eigenvalue weighted by atomic mass is 10.0. The van der Waals surface area contributed by atoms with E-state index in [2.05, 4.69) is 57.2 Å². The summed E-state index contributed by atoms with van der Waals surface area (Å²) in [5.41, 5.74) is 0. The van der Waals surface area contributed by atoms with Crippen LogP contribution in [-0.2, 0) is 28.6 Å². The molecule has 380 valence electrons. The second kappa shape index (κ2) is 54.2. The van der Waals surface area contributed by atoms with Crippen LogP contribution in [0.15, 0.2) is 36.5 Å². The zero-order valence-electron chi connectivity index (χ0n) is 43.5. The molecule has 65 heavy (non-hydrogen) atoms. The average molecular weight is 914 g/mol. The van der Waals surface area contributed by atoms with Gasteiger partial charge in [0.2, 0.25) is 0 Å². The number of hydrogen-bond donors (Lipinski definition) is 0. The lowest BCUT2D eigenvalue weighted by Gasteiger charge is -2.18. The van der Waals surface area contributed by atoms with E-state index in [0.717, 1.165) is 70.6 Å². The Labute approximate surface area is 404 Å². The first-order chi connectivity index (χ1) is 32.0. The van der Waals surface area contributed by atoms with Crippen molar-refractivity contribution in [3.63, 3.8) is 0 Å². The number of carbonyl (C=O) groups is 3. The van der Waals surface area contributed by atoms with Gasteiger partial charge in [0.25, 0.3) is 0 Å². The predicted molar refractivity (Wildman–Crippen MR) is 279 cm³/mol. The van der Waals surface area contributed by atoms with E-state index >= 15 is 0 Å². The van der Waals surface area contributed by atoms with Crippen LogP contribution in [0.1, 0.15) is 303 Å². The minimum absolute atomic E-state index is 0.0735. The van der Waals surface area contributed by atoms with E-state index in [-0.39, 0.29) is 31.1 Å². The van der Waals surface area contributed by atoms with Gasteiger partial charge in [-0.1, -0.05) is 243 Å². The molecule has 0 aromatic heterocycles. The van der Waals surface area contributed by atoms with Crippen molar-refractivity contribution in [2.24, 2.45) is 0 Å². The molecule has 0 aliphatic carbocycles. The van der Waals surface area contributed by atoms with Gasteiger partial charge in [-0.2, -0.15) is 0 Å². The lowest BCUT2D eigenvalue weighted by Crippen LogP contribution is -2.30. The maximum Gasteiger partial charge on any atom is 0.306 e. The van der Waals surface area contributed by atoms with Crippen molar-refractivity contribution in [1.82, 2.24) is 0 Å². The minimum Gasteiger partial charge on any atom is -0.462 e. The van der Waals surface area contributed by atoms with Crippen LogP contribution in [0.5, 0.6) is 0 Å². The number of esters is 3. The maximum absolute atomic E-state index is 12.8. The number of unbranched alkanes of at least 4 members (excludes halogenated alkanes) is 35. The van der Waals surface area contributed by atoms with Gasteiger partial charge >= 0.3 is 17.9 Å². The Kier molecular flexibility index (Phi) is 52.3. The molecule has 0 saturated carbocycles. The highest BCUT2D eigenvalue weighted by Gasteiger charge is 2.19. The fourth-order valence-corrected chi connectivity index (χ4v) is 8.29. The van der Waals surface area contributed by atoms with Crippen LogP contribution < -0.4 is 0 Å². The van der Waals surface area contributed by atoms with Crippen LogP contribution in [0, 0.1) is 0 Å². The van der Waals surface area contributed by atoms with E-state index in [1.165, 1.54) is 193 Å². The van der Waals surface area contributed by atoms with Crippen molar-refractivity contribution >= 4 is 17.9 Å². The van der Waals surface area contributed by atoms with Gasteiger partial charge < -0.3 is 14.2 Å². The lowest BCUT2D eigenvalue weighted by molar-refractivity contribution is -0.167. The van der Waals surface area contributed by atoms with Gasteiger partial charge in [-0.05, 0) is 77.0 Å². The van der Waals surface area contributed by atoms with Gasteiger partial charge in [-0.25, -0.2) is 0 Å². The number of allylic oxidation sites excluding steroid dienone is 6. The van der Waals surface area contributed by atoms with E-state index in [0.29, 0.717) is 19.3 Å². The summed E-state index contributed by atoms with van der Waals surface area (Å²) >= 11 is 0. The molecule has 0 fully saturated rings. The van der Waals surface area contributed by atoms with Crippen LogP contribution in [0.25, 0.3) is 0 Å². The van der Waals surface area contributed by atoms with E-state index in [1.807, 2.05) is 0 Å². The standard InChI is InChI=1S/C59H108O6/c1-4-7-10-13-16-18-20-22-24-26-28-29-30-31-32-34-35-37-39-41-43-46-49-52-58(61)64-55-56(54-63-57(60)51-48-45-15-12-9-6-3)65-59(62)53-50-47-44-42-40-38-36-33-27-25-23-21-19-17-14-11-8-5-2/h19,21,25-28,56H,4-18,20,22-24,29-55H2,1-3H3/b21-19-,27-25-,28-26-. The van der Waals surface area contributed by atoms with Gasteiger partial charge in [-0.15, -0.1) is 0 Å². The number of hydrogen-bond acceptors (Lipinski definition) is 6. The molecule has 0 spiro atoms. The number of carbonyl (C=O) groups excluding carboxylic acids is 3. The molecule has 0 amide bonds. The van der Waals surface area contributed by atoms with Gasteiger partial charge in [-0.3, -0.25) is 14.4 Å². The van der Waals surface area contributed by atoms with E-state index in [1.54, 1.807) is 0 Å². The second-order valence-electron chi connectivity index (χ2n) is 19.2. The average Bonchev–Trinajstić information content (AvgIpc) is 3.30. The number of ether oxygens (including phenoxy) is 3. The summed E-state index contributed by atoms with van der Waals surface area (Å²) in [7, 11) is 0. The van der Waals surface area contributed by atoms with Crippen molar-refractivity contribution in [3.8, 4) is 0 Å². The quantitative estimate of drug-likeness (QED) is 0.0262. The Morgan fingerprint density at radius 2 is 0.554 bits per heavy atom. The fraction of sp³-hybridized carbons (Fsp3) is 0.847. The Hall–Kier alpha value is -2.37.